The predicted molar refractivity (Wildman–Crippen MR) is 48.2 cm³/mol. The fourth-order valence-corrected chi connectivity index (χ4v) is 0.660. The third-order valence-corrected chi connectivity index (χ3v) is 1.42. The van der Waals surface area contributed by atoms with E-state index in [0.717, 1.165) is 11.1 Å². The molecule has 3 N–H and O–H groups in total. The van der Waals surface area contributed by atoms with Crippen LogP contribution < -0.4 is 5.73 Å². The average molecular weight is 153 g/mol. The van der Waals surface area contributed by atoms with Gasteiger partial charge in [0.25, 0.3) is 0 Å². The molecule has 0 aliphatic heterocycles. The van der Waals surface area contributed by atoms with E-state index in [4.69, 9.17) is 10.8 Å². The van der Waals surface area contributed by atoms with Crippen molar-refractivity contribution >= 4 is 0 Å². The second-order valence-electron chi connectivity index (χ2n) is 2.15. The van der Waals surface area contributed by atoms with Gasteiger partial charge in [-0.2, -0.15) is 0 Å². The zero-order valence-electron chi connectivity index (χ0n) is 6.88. The summed E-state index contributed by atoms with van der Waals surface area (Å²) in [6.45, 7) is 5.98. The minimum atomic E-state index is 0.0494. The van der Waals surface area contributed by atoms with E-state index >= 15 is 0 Å². The lowest BCUT2D eigenvalue weighted by Gasteiger charge is -1.98. The molecule has 0 aliphatic rings. The van der Waals surface area contributed by atoms with Gasteiger partial charge in [0.05, 0.1) is 6.61 Å². The number of aliphatic hydroxyl groups excluding tert-OH is 1. The van der Waals surface area contributed by atoms with Crippen LogP contribution in [0.1, 0.15) is 6.92 Å². The molecule has 0 spiro atoms. The molecule has 0 aromatic heterocycles. The third-order valence-electron chi connectivity index (χ3n) is 1.42. The van der Waals surface area contributed by atoms with Crippen molar-refractivity contribution in [3.8, 4) is 0 Å². The van der Waals surface area contributed by atoms with E-state index in [9.17, 15) is 0 Å². The van der Waals surface area contributed by atoms with Crippen LogP contribution in [0.15, 0.2) is 36.0 Å². The van der Waals surface area contributed by atoms with Gasteiger partial charge in [0, 0.05) is 6.54 Å². The number of hydrogen-bond donors (Lipinski definition) is 2. The number of nitrogens with two attached hydrogens (primary N) is 1. The van der Waals surface area contributed by atoms with Gasteiger partial charge < -0.3 is 10.8 Å². The Balaban J connectivity index is 4.35. The molecule has 0 aromatic carbocycles. The lowest BCUT2D eigenvalue weighted by atomic mass is 10.1. The molecular formula is C9H15NO. The summed E-state index contributed by atoms with van der Waals surface area (Å²) in [4.78, 5) is 0. The van der Waals surface area contributed by atoms with Crippen molar-refractivity contribution in [3.05, 3.63) is 36.0 Å². The van der Waals surface area contributed by atoms with Crippen molar-refractivity contribution in [2.45, 2.75) is 6.92 Å². The molecule has 0 heterocycles. The van der Waals surface area contributed by atoms with Crippen molar-refractivity contribution in [1.82, 2.24) is 0 Å². The van der Waals surface area contributed by atoms with E-state index in [0.29, 0.717) is 6.54 Å². The summed E-state index contributed by atoms with van der Waals surface area (Å²) in [5, 5.41) is 8.78. The minimum Gasteiger partial charge on any atom is -0.392 e. The summed E-state index contributed by atoms with van der Waals surface area (Å²) in [5.41, 5.74) is 7.20. The smallest absolute Gasteiger partial charge is 0.0678 e. The van der Waals surface area contributed by atoms with Gasteiger partial charge in [0.1, 0.15) is 0 Å². The first-order chi connectivity index (χ1) is 5.28. The summed E-state index contributed by atoms with van der Waals surface area (Å²) in [7, 11) is 0. The maximum absolute atomic E-state index is 8.78. The van der Waals surface area contributed by atoms with Crippen molar-refractivity contribution in [1.29, 1.82) is 0 Å². The lowest BCUT2D eigenvalue weighted by Crippen LogP contribution is -2.01. The fourth-order valence-electron chi connectivity index (χ4n) is 0.660. The van der Waals surface area contributed by atoms with E-state index in [-0.39, 0.29) is 6.61 Å². The van der Waals surface area contributed by atoms with E-state index in [1.165, 1.54) is 0 Å². The van der Waals surface area contributed by atoms with E-state index < -0.39 is 0 Å². The number of aliphatic hydroxyl groups is 1. The fraction of sp³-hybridized carbons (Fsp3) is 0.333. The zero-order chi connectivity index (χ0) is 8.69. The molecule has 62 valence electrons. The van der Waals surface area contributed by atoms with Crippen LogP contribution >= 0.6 is 0 Å². The van der Waals surface area contributed by atoms with Crippen molar-refractivity contribution in [3.63, 3.8) is 0 Å². The standard InChI is InChI=1S/C9H15NO/c1-3-8(6-10)5-9(4-2)7-11/h3-5,11H,1,6-7,10H2,2H3/b8-5+,9-4+. The molecular weight excluding hydrogens is 138 g/mol. The summed E-state index contributed by atoms with van der Waals surface area (Å²) in [6, 6.07) is 0. The largest absolute Gasteiger partial charge is 0.392 e. The highest BCUT2D eigenvalue weighted by molar-refractivity contribution is 5.29. The molecule has 0 saturated carbocycles. The van der Waals surface area contributed by atoms with Gasteiger partial charge in [0.15, 0.2) is 0 Å². The summed E-state index contributed by atoms with van der Waals surface area (Å²) >= 11 is 0. The summed E-state index contributed by atoms with van der Waals surface area (Å²) in [6.07, 6.45) is 5.38. The molecule has 0 amide bonds. The number of allylic oxidation sites excluding steroid dienone is 1. The van der Waals surface area contributed by atoms with Crippen LogP contribution in [0.3, 0.4) is 0 Å². The highest BCUT2D eigenvalue weighted by Gasteiger charge is 1.90. The molecule has 0 rings (SSSR count). The second kappa shape index (κ2) is 5.89. The summed E-state index contributed by atoms with van der Waals surface area (Å²) in [5.74, 6) is 0. The van der Waals surface area contributed by atoms with Gasteiger partial charge >= 0.3 is 0 Å². The monoisotopic (exact) mass is 153 g/mol. The first-order valence-corrected chi connectivity index (χ1v) is 3.57. The molecule has 0 fully saturated rings. The van der Waals surface area contributed by atoms with Crippen LogP contribution in [-0.4, -0.2) is 18.3 Å². The Labute approximate surface area is 67.7 Å². The van der Waals surface area contributed by atoms with Crippen LogP contribution in [0.25, 0.3) is 0 Å². The number of rotatable bonds is 4. The van der Waals surface area contributed by atoms with Crippen molar-refractivity contribution in [2.24, 2.45) is 5.73 Å². The molecule has 0 unspecified atom stereocenters. The number of hydrogen-bond acceptors (Lipinski definition) is 2. The van der Waals surface area contributed by atoms with Gasteiger partial charge in [-0.15, -0.1) is 0 Å². The van der Waals surface area contributed by atoms with E-state index in [1.807, 2.05) is 19.1 Å². The van der Waals surface area contributed by atoms with Crippen LogP contribution in [0.5, 0.6) is 0 Å². The first kappa shape index (κ1) is 10.1. The van der Waals surface area contributed by atoms with Gasteiger partial charge in [-0.05, 0) is 18.1 Å². The van der Waals surface area contributed by atoms with Crippen molar-refractivity contribution < 1.29 is 5.11 Å². The van der Waals surface area contributed by atoms with Crippen LogP contribution in [0.2, 0.25) is 0 Å². The normalized spacial score (nSPS) is 13.4. The Morgan fingerprint density at radius 2 is 2.18 bits per heavy atom. The second-order valence-corrected chi connectivity index (χ2v) is 2.15. The molecule has 0 bridgehead atoms. The molecule has 11 heavy (non-hydrogen) atoms. The highest BCUT2D eigenvalue weighted by atomic mass is 16.3. The van der Waals surface area contributed by atoms with E-state index in [1.54, 1.807) is 6.08 Å². The van der Waals surface area contributed by atoms with Gasteiger partial charge in [0.2, 0.25) is 0 Å². The van der Waals surface area contributed by atoms with E-state index in [2.05, 4.69) is 6.58 Å². The summed E-state index contributed by atoms with van der Waals surface area (Å²) < 4.78 is 0. The molecule has 0 saturated heterocycles. The minimum absolute atomic E-state index is 0.0494. The van der Waals surface area contributed by atoms with Crippen LogP contribution in [0, 0.1) is 0 Å². The van der Waals surface area contributed by atoms with Crippen LogP contribution in [-0.2, 0) is 0 Å². The maximum atomic E-state index is 8.78. The molecule has 0 aliphatic carbocycles. The Kier molecular flexibility index (Phi) is 5.43. The Morgan fingerprint density at radius 1 is 1.55 bits per heavy atom. The highest BCUT2D eigenvalue weighted by Crippen LogP contribution is 2.01. The molecule has 2 nitrogen and oxygen atoms in total. The molecule has 0 atom stereocenters. The molecule has 0 aromatic rings. The first-order valence-electron chi connectivity index (χ1n) is 3.57. The van der Waals surface area contributed by atoms with Gasteiger partial charge in [-0.3, -0.25) is 0 Å². The Morgan fingerprint density at radius 3 is 2.45 bits per heavy atom. The third kappa shape index (κ3) is 3.75. The SMILES string of the molecule is C=C/C(=C\C(=C/C)CO)CN. The van der Waals surface area contributed by atoms with Gasteiger partial charge in [-0.1, -0.05) is 24.8 Å². The Hall–Kier alpha value is -0.860. The van der Waals surface area contributed by atoms with Crippen molar-refractivity contribution in [2.75, 3.05) is 13.2 Å². The zero-order valence-corrected chi connectivity index (χ0v) is 6.88. The molecule has 2 heteroatoms. The average Bonchev–Trinajstić information content (AvgIpc) is 2.07. The quantitative estimate of drug-likeness (QED) is 0.592. The topological polar surface area (TPSA) is 46.2 Å². The predicted octanol–water partition coefficient (Wildman–Crippen LogP) is 0.996. The Bertz CT molecular complexity index is 180. The lowest BCUT2D eigenvalue weighted by molar-refractivity contribution is 0.334. The van der Waals surface area contributed by atoms with Gasteiger partial charge in [-0.25, -0.2) is 0 Å². The molecule has 0 radical (unpaired) electrons. The van der Waals surface area contributed by atoms with Crippen LogP contribution in [0.4, 0.5) is 0 Å². The maximum Gasteiger partial charge on any atom is 0.0678 e.